The van der Waals surface area contributed by atoms with Crippen LogP contribution in [-0.4, -0.2) is 33.8 Å². The van der Waals surface area contributed by atoms with Crippen LogP contribution in [-0.2, 0) is 0 Å². The van der Waals surface area contributed by atoms with Gasteiger partial charge in [0, 0.05) is 0 Å². The molecule has 0 saturated carbocycles. The SMILES string of the molecule is CC(C)C1=[C]([Ca][C]2=C(C(C)C)C=CC2)CC=C1. The van der Waals surface area contributed by atoms with Crippen molar-refractivity contribution in [3.63, 3.8) is 0 Å². The van der Waals surface area contributed by atoms with Crippen LogP contribution in [0, 0.1) is 11.8 Å². The first-order valence-electron chi connectivity index (χ1n) is 6.86. The summed E-state index contributed by atoms with van der Waals surface area (Å²) in [5.74, 6) is 1.43. The first kappa shape index (κ1) is 13.6. The summed E-state index contributed by atoms with van der Waals surface area (Å²) in [6.07, 6.45) is 12.0. The Hall–Kier alpha value is 0.220. The molecule has 2 aliphatic carbocycles. The molecule has 0 unspecified atom stereocenters. The van der Waals surface area contributed by atoms with Crippen molar-refractivity contribution >= 4 is 33.8 Å². The summed E-state index contributed by atoms with van der Waals surface area (Å²) in [6.45, 7) is 9.32. The molecule has 0 aliphatic heterocycles. The van der Waals surface area contributed by atoms with E-state index in [1.165, 1.54) is 12.8 Å². The third kappa shape index (κ3) is 3.16. The average molecular weight is 254 g/mol. The molecule has 0 amide bonds. The molecule has 1 heteroatoms. The van der Waals surface area contributed by atoms with Crippen LogP contribution in [0.5, 0.6) is 0 Å². The van der Waals surface area contributed by atoms with Crippen molar-refractivity contribution in [3.05, 3.63) is 38.8 Å². The monoisotopic (exact) mass is 254 g/mol. The van der Waals surface area contributed by atoms with Gasteiger partial charge in [-0.2, -0.15) is 0 Å². The van der Waals surface area contributed by atoms with E-state index in [0.29, 0.717) is 11.8 Å². The standard InChI is InChI=1S/2C8H11.Ca/c2*1-7(2)8-5-3-4-6-8;/h2*3,5,7H,4H2,1-2H3;. The van der Waals surface area contributed by atoms with Crippen LogP contribution in [0.1, 0.15) is 40.5 Å². The fourth-order valence-corrected chi connectivity index (χ4v) is 6.99. The Morgan fingerprint density at radius 3 is 1.59 bits per heavy atom. The zero-order chi connectivity index (χ0) is 12.4. The molecule has 0 spiro atoms. The Kier molecular flexibility index (Phi) is 4.74. The van der Waals surface area contributed by atoms with Gasteiger partial charge in [0.25, 0.3) is 0 Å². The summed E-state index contributed by atoms with van der Waals surface area (Å²) in [4.78, 5) is 0. The predicted octanol–water partition coefficient (Wildman–Crippen LogP) is 4.43. The molecule has 0 atom stereocenters. The van der Waals surface area contributed by atoms with E-state index < -0.39 is 33.8 Å². The summed E-state index contributed by atoms with van der Waals surface area (Å²) in [7, 11) is 0. The molecule has 2 rings (SSSR count). The fraction of sp³-hybridized carbons (Fsp3) is 0.500. The fourth-order valence-electron chi connectivity index (χ4n) is 2.94. The van der Waals surface area contributed by atoms with Crippen molar-refractivity contribution in [1.82, 2.24) is 0 Å². The van der Waals surface area contributed by atoms with Gasteiger partial charge in [-0.3, -0.25) is 0 Å². The molecule has 0 nitrogen and oxygen atoms in total. The zero-order valence-electron chi connectivity index (χ0n) is 11.6. The maximum atomic E-state index is 2.38. The van der Waals surface area contributed by atoms with Crippen molar-refractivity contribution in [2.24, 2.45) is 11.8 Å². The number of hydrogen-bond acceptors (Lipinski definition) is 0. The van der Waals surface area contributed by atoms with E-state index >= 15 is 0 Å². The summed E-state index contributed by atoms with van der Waals surface area (Å²) >= 11 is -0.664. The molecular weight excluding hydrogens is 232 g/mol. The van der Waals surface area contributed by atoms with Crippen LogP contribution < -0.4 is 0 Å². The van der Waals surface area contributed by atoms with Gasteiger partial charge < -0.3 is 0 Å². The Bertz CT molecular complexity index is 377. The summed E-state index contributed by atoms with van der Waals surface area (Å²) in [5, 5.41) is 0. The molecule has 0 heterocycles. The van der Waals surface area contributed by atoms with Crippen LogP contribution in [0.4, 0.5) is 0 Å². The second-order valence-corrected chi connectivity index (χ2v) is 9.03. The maximum absolute atomic E-state index is 2.38. The molecular formula is C16H22Ca. The molecule has 0 saturated heterocycles. The zero-order valence-corrected chi connectivity index (χ0v) is 13.8. The van der Waals surface area contributed by atoms with Gasteiger partial charge in [-0.15, -0.1) is 0 Å². The molecule has 0 fully saturated rings. The second-order valence-electron chi connectivity index (χ2n) is 5.82. The average Bonchev–Trinajstić information content (AvgIpc) is 2.86. The van der Waals surface area contributed by atoms with Crippen LogP contribution in [0.15, 0.2) is 38.8 Å². The molecule has 0 radical (unpaired) electrons. The molecule has 17 heavy (non-hydrogen) atoms. The van der Waals surface area contributed by atoms with E-state index in [1.54, 1.807) is 11.1 Å². The third-order valence-corrected chi connectivity index (χ3v) is 7.32. The molecule has 0 aromatic carbocycles. The quantitative estimate of drug-likeness (QED) is 0.651. The molecule has 2 aliphatic rings. The van der Waals surface area contributed by atoms with Crippen molar-refractivity contribution in [3.8, 4) is 0 Å². The van der Waals surface area contributed by atoms with Crippen molar-refractivity contribution in [2.45, 2.75) is 40.5 Å². The molecule has 88 valence electrons. The summed E-state index contributed by atoms with van der Waals surface area (Å²) < 4.78 is 3.67. The van der Waals surface area contributed by atoms with E-state index in [1.807, 2.05) is 3.34 Å². The minimum atomic E-state index is -0.664. The van der Waals surface area contributed by atoms with Crippen molar-refractivity contribution in [2.75, 3.05) is 0 Å². The molecule has 0 N–H and O–H groups in total. The van der Waals surface area contributed by atoms with E-state index in [4.69, 9.17) is 0 Å². The molecule has 0 aromatic rings. The van der Waals surface area contributed by atoms with Crippen molar-refractivity contribution in [1.29, 1.82) is 0 Å². The first-order valence-corrected chi connectivity index (χ1v) is 9.07. The van der Waals surface area contributed by atoms with Gasteiger partial charge in [-0.1, -0.05) is 0 Å². The van der Waals surface area contributed by atoms with E-state index in [9.17, 15) is 0 Å². The van der Waals surface area contributed by atoms with E-state index in [-0.39, 0.29) is 0 Å². The van der Waals surface area contributed by atoms with Crippen LogP contribution in [0.2, 0.25) is 0 Å². The van der Waals surface area contributed by atoms with E-state index in [0.717, 1.165) is 0 Å². The normalized spacial score (nSPS) is 19.2. The Labute approximate surface area is 124 Å². The summed E-state index contributed by atoms with van der Waals surface area (Å²) in [6, 6.07) is 0. The number of rotatable bonds is 4. The second kappa shape index (κ2) is 5.91. The Morgan fingerprint density at radius 2 is 1.24 bits per heavy atom. The Morgan fingerprint density at radius 1 is 0.824 bits per heavy atom. The van der Waals surface area contributed by atoms with Gasteiger partial charge >= 0.3 is 125 Å². The number of hydrogen-bond donors (Lipinski definition) is 0. The number of allylic oxidation sites excluding steroid dienone is 8. The van der Waals surface area contributed by atoms with Gasteiger partial charge in [-0.25, -0.2) is 0 Å². The topological polar surface area (TPSA) is 0 Å². The Balaban J connectivity index is 2.18. The van der Waals surface area contributed by atoms with Gasteiger partial charge in [0.2, 0.25) is 0 Å². The molecule has 0 aromatic heterocycles. The van der Waals surface area contributed by atoms with Crippen LogP contribution >= 0.6 is 0 Å². The third-order valence-electron chi connectivity index (χ3n) is 3.81. The van der Waals surface area contributed by atoms with Crippen LogP contribution in [0.25, 0.3) is 0 Å². The van der Waals surface area contributed by atoms with Gasteiger partial charge in [0.15, 0.2) is 0 Å². The molecule has 0 bridgehead atoms. The first-order chi connectivity index (χ1) is 8.09. The van der Waals surface area contributed by atoms with Gasteiger partial charge in [0.1, 0.15) is 0 Å². The minimum absolute atomic E-state index is 0.664. The van der Waals surface area contributed by atoms with E-state index in [2.05, 4.69) is 52.0 Å². The predicted molar refractivity (Wildman–Crippen MR) is 77.0 cm³/mol. The summed E-state index contributed by atoms with van der Waals surface area (Å²) in [5.41, 5.74) is 3.32. The van der Waals surface area contributed by atoms with Gasteiger partial charge in [-0.05, 0) is 0 Å². The van der Waals surface area contributed by atoms with Crippen molar-refractivity contribution < 1.29 is 0 Å². The van der Waals surface area contributed by atoms with Gasteiger partial charge in [0.05, 0.1) is 0 Å². The van der Waals surface area contributed by atoms with Crippen LogP contribution in [0.3, 0.4) is 0 Å².